The Hall–Kier alpha value is -1.35. The molecule has 1 amide bonds. The van der Waals surface area contributed by atoms with Gasteiger partial charge in [-0.2, -0.15) is 0 Å². The first-order valence-electron chi connectivity index (χ1n) is 6.20. The first-order valence-corrected chi connectivity index (χ1v) is 6.20. The van der Waals surface area contributed by atoms with Crippen LogP contribution in [-0.4, -0.2) is 23.9 Å². The molecule has 0 atom stereocenters. The highest BCUT2D eigenvalue weighted by Gasteiger charge is 2.01. The summed E-state index contributed by atoms with van der Waals surface area (Å²) in [4.78, 5) is 13.2. The highest BCUT2D eigenvalue weighted by molar-refractivity contribution is 5.72. The Labute approximate surface area is 104 Å². The van der Waals surface area contributed by atoms with E-state index in [1.807, 2.05) is 0 Å². The summed E-state index contributed by atoms with van der Waals surface area (Å²) in [5.74, 6) is 0.0113. The number of carbonyl (C=O) groups is 1. The number of nitrogens with one attached hydrogen (secondary N) is 1. The molecule has 1 N–H and O–H groups in total. The highest BCUT2D eigenvalue weighted by Crippen LogP contribution is 2.07. The normalized spacial score (nSPS) is 10.6. The van der Waals surface area contributed by atoms with Gasteiger partial charge in [0, 0.05) is 20.0 Å². The van der Waals surface area contributed by atoms with Gasteiger partial charge in [0.2, 0.25) is 5.91 Å². The maximum atomic E-state index is 10.8. The van der Waals surface area contributed by atoms with E-state index < -0.39 is 0 Å². The number of nitrogens with zero attached hydrogens (tertiary/aromatic N) is 1. The van der Waals surface area contributed by atoms with Crippen molar-refractivity contribution in [2.75, 3.05) is 13.1 Å². The zero-order valence-corrected chi connectivity index (χ0v) is 11.0. The van der Waals surface area contributed by atoms with Crippen LogP contribution in [0.15, 0.2) is 24.3 Å². The van der Waals surface area contributed by atoms with Crippen molar-refractivity contribution < 1.29 is 4.79 Å². The van der Waals surface area contributed by atoms with E-state index in [-0.39, 0.29) is 5.91 Å². The lowest BCUT2D eigenvalue weighted by Crippen LogP contribution is -2.22. The zero-order chi connectivity index (χ0) is 12.7. The van der Waals surface area contributed by atoms with Crippen molar-refractivity contribution in [2.24, 2.45) is 0 Å². The van der Waals surface area contributed by atoms with E-state index in [9.17, 15) is 4.79 Å². The van der Waals surface area contributed by atoms with Crippen molar-refractivity contribution in [1.82, 2.24) is 10.2 Å². The lowest BCUT2D eigenvalue weighted by atomic mass is 10.1. The maximum absolute atomic E-state index is 10.8. The van der Waals surface area contributed by atoms with Crippen molar-refractivity contribution >= 4 is 5.91 Å². The quantitative estimate of drug-likeness (QED) is 0.818. The van der Waals surface area contributed by atoms with E-state index in [1.54, 1.807) is 0 Å². The molecular weight excluding hydrogens is 212 g/mol. The Bertz CT molecular complexity index is 342. The van der Waals surface area contributed by atoms with Gasteiger partial charge in [-0.15, -0.1) is 0 Å². The molecular formula is C14H22N2O. The molecule has 0 saturated carbocycles. The Kier molecular flexibility index (Phi) is 5.70. The SMILES string of the molecule is CCN(CC)Cc1ccc(CNC(C)=O)cc1. The molecule has 0 aliphatic heterocycles. The van der Waals surface area contributed by atoms with Crippen LogP contribution < -0.4 is 5.32 Å². The summed E-state index contributed by atoms with van der Waals surface area (Å²) in [6.07, 6.45) is 0. The fourth-order valence-electron chi connectivity index (χ4n) is 1.69. The number of hydrogen-bond donors (Lipinski definition) is 1. The molecule has 1 rings (SSSR count). The first-order chi connectivity index (χ1) is 8.15. The van der Waals surface area contributed by atoms with Gasteiger partial charge in [-0.3, -0.25) is 9.69 Å². The van der Waals surface area contributed by atoms with Gasteiger partial charge in [-0.25, -0.2) is 0 Å². The zero-order valence-electron chi connectivity index (χ0n) is 11.0. The maximum Gasteiger partial charge on any atom is 0.217 e. The third-order valence-corrected chi connectivity index (χ3v) is 2.87. The molecule has 3 heteroatoms. The average Bonchev–Trinajstić information content (AvgIpc) is 2.34. The van der Waals surface area contributed by atoms with Crippen molar-refractivity contribution in [3.63, 3.8) is 0 Å². The monoisotopic (exact) mass is 234 g/mol. The molecule has 0 fully saturated rings. The summed E-state index contributed by atoms with van der Waals surface area (Å²) >= 11 is 0. The second-order valence-corrected chi connectivity index (χ2v) is 4.19. The minimum absolute atomic E-state index is 0.0113. The topological polar surface area (TPSA) is 32.3 Å². The fourth-order valence-corrected chi connectivity index (χ4v) is 1.69. The molecule has 0 aliphatic carbocycles. The van der Waals surface area contributed by atoms with Gasteiger partial charge in [-0.05, 0) is 24.2 Å². The summed E-state index contributed by atoms with van der Waals surface area (Å²) in [6, 6.07) is 8.43. The first kappa shape index (κ1) is 13.7. The predicted molar refractivity (Wildman–Crippen MR) is 70.6 cm³/mol. The van der Waals surface area contributed by atoms with E-state index in [0.29, 0.717) is 6.54 Å². The van der Waals surface area contributed by atoms with Gasteiger partial charge in [0.1, 0.15) is 0 Å². The summed E-state index contributed by atoms with van der Waals surface area (Å²) in [5, 5.41) is 2.80. The fraction of sp³-hybridized carbons (Fsp3) is 0.500. The third-order valence-electron chi connectivity index (χ3n) is 2.87. The molecule has 1 aromatic carbocycles. The van der Waals surface area contributed by atoms with Crippen molar-refractivity contribution in [2.45, 2.75) is 33.9 Å². The second-order valence-electron chi connectivity index (χ2n) is 4.19. The summed E-state index contributed by atoms with van der Waals surface area (Å²) in [7, 11) is 0. The van der Waals surface area contributed by atoms with Gasteiger partial charge < -0.3 is 5.32 Å². The molecule has 1 aromatic rings. The van der Waals surface area contributed by atoms with Crippen LogP contribution in [0.2, 0.25) is 0 Å². The highest BCUT2D eigenvalue weighted by atomic mass is 16.1. The lowest BCUT2D eigenvalue weighted by molar-refractivity contribution is -0.119. The van der Waals surface area contributed by atoms with E-state index in [0.717, 1.165) is 25.2 Å². The Morgan fingerprint density at radius 2 is 1.65 bits per heavy atom. The molecule has 0 aliphatic rings. The van der Waals surface area contributed by atoms with Crippen LogP contribution in [0.1, 0.15) is 31.9 Å². The van der Waals surface area contributed by atoms with Gasteiger partial charge in [-0.1, -0.05) is 38.1 Å². The van der Waals surface area contributed by atoms with E-state index >= 15 is 0 Å². The van der Waals surface area contributed by atoms with E-state index in [1.165, 1.54) is 12.5 Å². The minimum Gasteiger partial charge on any atom is -0.352 e. The molecule has 0 spiro atoms. The number of hydrogen-bond acceptors (Lipinski definition) is 2. The standard InChI is InChI=1S/C14H22N2O/c1-4-16(5-2)11-14-8-6-13(7-9-14)10-15-12(3)17/h6-9H,4-5,10-11H2,1-3H3,(H,15,17). The van der Waals surface area contributed by atoms with Crippen LogP contribution in [0.3, 0.4) is 0 Å². The molecule has 0 heterocycles. The van der Waals surface area contributed by atoms with Gasteiger partial charge in [0.15, 0.2) is 0 Å². The van der Waals surface area contributed by atoms with Gasteiger partial charge >= 0.3 is 0 Å². The van der Waals surface area contributed by atoms with Crippen LogP contribution >= 0.6 is 0 Å². The van der Waals surface area contributed by atoms with Crippen molar-refractivity contribution in [3.8, 4) is 0 Å². The van der Waals surface area contributed by atoms with Crippen molar-refractivity contribution in [1.29, 1.82) is 0 Å². The molecule has 17 heavy (non-hydrogen) atoms. The molecule has 0 aromatic heterocycles. The molecule has 94 valence electrons. The van der Waals surface area contributed by atoms with Crippen molar-refractivity contribution in [3.05, 3.63) is 35.4 Å². The van der Waals surface area contributed by atoms with Crippen LogP contribution in [-0.2, 0) is 17.9 Å². The number of benzene rings is 1. The molecule has 3 nitrogen and oxygen atoms in total. The largest absolute Gasteiger partial charge is 0.352 e. The molecule has 0 bridgehead atoms. The Morgan fingerprint density at radius 1 is 1.12 bits per heavy atom. The summed E-state index contributed by atoms with van der Waals surface area (Å²) < 4.78 is 0. The van der Waals surface area contributed by atoms with Crippen LogP contribution in [0.5, 0.6) is 0 Å². The van der Waals surface area contributed by atoms with E-state index in [4.69, 9.17) is 0 Å². The minimum atomic E-state index is 0.0113. The molecule has 0 radical (unpaired) electrons. The number of amides is 1. The van der Waals surface area contributed by atoms with E-state index in [2.05, 4.69) is 48.3 Å². The van der Waals surface area contributed by atoms with Crippen LogP contribution in [0, 0.1) is 0 Å². The second kappa shape index (κ2) is 7.07. The van der Waals surface area contributed by atoms with Gasteiger partial charge in [0.25, 0.3) is 0 Å². The molecule has 0 unspecified atom stereocenters. The lowest BCUT2D eigenvalue weighted by Gasteiger charge is -2.18. The summed E-state index contributed by atoms with van der Waals surface area (Å²) in [5.41, 5.74) is 2.46. The number of rotatable bonds is 6. The van der Waals surface area contributed by atoms with Gasteiger partial charge in [0.05, 0.1) is 0 Å². The smallest absolute Gasteiger partial charge is 0.217 e. The van der Waals surface area contributed by atoms with Crippen LogP contribution in [0.4, 0.5) is 0 Å². The number of carbonyl (C=O) groups excluding carboxylic acids is 1. The average molecular weight is 234 g/mol. The third kappa shape index (κ3) is 5.00. The summed E-state index contributed by atoms with van der Waals surface area (Å²) in [6.45, 7) is 9.64. The van der Waals surface area contributed by atoms with Crippen LogP contribution in [0.25, 0.3) is 0 Å². The Balaban J connectivity index is 2.52. The Morgan fingerprint density at radius 3 is 2.12 bits per heavy atom. The predicted octanol–water partition coefficient (Wildman–Crippen LogP) is 2.16. The molecule has 0 saturated heterocycles.